The fourth-order valence-corrected chi connectivity index (χ4v) is 5.11. The van der Waals surface area contributed by atoms with Crippen molar-refractivity contribution in [1.29, 1.82) is 0 Å². The second-order valence-electron chi connectivity index (χ2n) is 7.34. The molecule has 8 nitrogen and oxygen atoms in total. The summed E-state index contributed by atoms with van der Waals surface area (Å²) >= 11 is 7.23. The van der Waals surface area contributed by atoms with Crippen LogP contribution in [0.4, 0.5) is 10.7 Å². The Morgan fingerprint density at radius 2 is 2.00 bits per heavy atom. The Morgan fingerprint density at radius 3 is 2.75 bits per heavy atom. The van der Waals surface area contributed by atoms with Gasteiger partial charge in [0.05, 0.1) is 10.5 Å². The fraction of sp³-hybridized carbons (Fsp3) is 0.227. The van der Waals surface area contributed by atoms with Gasteiger partial charge >= 0.3 is 0 Å². The normalized spacial score (nSPS) is 12.7. The van der Waals surface area contributed by atoms with Gasteiger partial charge < -0.3 is 10.6 Å². The van der Waals surface area contributed by atoms with E-state index in [1.165, 1.54) is 23.5 Å². The van der Waals surface area contributed by atoms with Gasteiger partial charge in [0.15, 0.2) is 0 Å². The molecule has 0 fully saturated rings. The number of fused-ring (bicyclic) bond motifs is 1. The Bertz CT molecular complexity index is 1200. The Hall–Kier alpha value is -3.30. The molecular weight excluding hydrogens is 452 g/mol. The van der Waals surface area contributed by atoms with E-state index in [-0.39, 0.29) is 22.2 Å². The van der Waals surface area contributed by atoms with Gasteiger partial charge in [0.25, 0.3) is 17.5 Å². The summed E-state index contributed by atoms with van der Waals surface area (Å²) in [5, 5.41) is 17.2. The maximum atomic E-state index is 13.1. The van der Waals surface area contributed by atoms with Gasteiger partial charge in [-0.15, -0.1) is 11.3 Å². The number of hydrogen-bond acceptors (Lipinski definition) is 6. The maximum absolute atomic E-state index is 13.1. The predicted molar refractivity (Wildman–Crippen MR) is 122 cm³/mol. The Labute approximate surface area is 192 Å². The molecule has 2 heterocycles. The number of rotatable bonds is 6. The van der Waals surface area contributed by atoms with Crippen LogP contribution in [0.3, 0.4) is 0 Å². The second-order valence-corrected chi connectivity index (χ2v) is 8.85. The smallest absolute Gasteiger partial charge is 0.288 e. The summed E-state index contributed by atoms with van der Waals surface area (Å²) in [6.07, 6.45) is 6.97. The van der Waals surface area contributed by atoms with Crippen molar-refractivity contribution >= 4 is 45.4 Å². The summed E-state index contributed by atoms with van der Waals surface area (Å²) in [6.45, 7) is 0.314. The van der Waals surface area contributed by atoms with E-state index in [2.05, 4.69) is 15.6 Å². The van der Waals surface area contributed by atoms with Crippen LogP contribution < -0.4 is 10.6 Å². The minimum Gasteiger partial charge on any atom is -0.348 e. The largest absolute Gasteiger partial charge is 0.348 e. The van der Waals surface area contributed by atoms with Gasteiger partial charge in [0, 0.05) is 35.4 Å². The summed E-state index contributed by atoms with van der Waals surface area (Å²) < 4.78 is 0. The molecule has 2 aromatic heterocycles. The van der Waals surface area contributed by atoms with Crippen LogP contribution in [0, 0.1) is 10.1 Å². The molecule has 0 spiro atoms. The first-order valence-electron chi connectivity index (χ1n) is 10.0. The molecule has 1 aliphatic carbocycles. The lowest BCUT2D eigenvalue weighted by molar-refractivity contribution is -0.384. The lowest BCUT2D eigenvalue weighted by Crippen LogP contribution is -2.25. The van der Waals surface area contributed by atoms with E-state index in [0.717, 1.165) is 47.8 Å². The Balaban J connectivity index is 1.60. The number of aromatic nitrogens is 1. The number of nitro groups is 1. The van der Waals surface area contributed by atoms with Crippen molar-refractivity contribution < 1.29 is 14.5 Å². The van der Waals surface area contributed by atoms with Crippen LogP contribution >= 0.6 is 22.9 Å². The Kier molecular flexibility index (Phi) is 6.48. The molecule has 1 aromatic carbocycles. The number of carbonyl (C=O) groups excluding carboxylic acids is 2. The molecule has 0 saturated heterocycles. The number of halogens is 1. The molecule has 4 rings (SSSR count). The number of nitro benzene ring substituents is 1. The van der Waals surface area contributed by atoms with E-state index in [9.17, 15) is 19.7 Å². The minimum atomic E-state index is -0.639. The number of pyridine rings is 1. The number of aryl methyl sites for hydroxylation is 1. The summed E-state index contributed by atoms with van der Waals surface area (Å²) in [7, 11) is 0. The van der Waals surface area contributed by atoms with Gasteiger partial charge in [-0.25, -0.2) is 0 Å². The first-order chi connectivity index (χ1) is 15.4. The molecular formula is C22H19ClN4O4S. The highest BCUT2D eigenvalue weighted by molar-refractivity contribution is 7.17. The molecule has 0 bridgehead atoms. The monoisotopic (exact) mass is 470 g/mol. The molecule has 0 unspecified atom stereocenters. The van der Waals surface area contributed by atoms with Crippen molar-refractivity contribution in [3.63, 3.8) is 0 Å². The number of benzene rings is 1. The van der Waals surface area contributed by atoms with Gasteiger partial charge in [0.2, 0.25) is 0 Å². The third-order valence-corrected chi connectivity index (χ3v) is 6.73. The number of anilines is 1. The van der Waals surface area contributed by atoms with E-state index in [1.807, 2.05) is 6.07 Å². The summed E-state index contributed by atoms with van der Waals surface area (Å²) in [6, 6.07) is 7.53. The molecule has 32 heavy (non-hydrogen) atoms. The van der Waals surface area contributed by atoms with Crippen LogP contribution in [-0.2, 0) is 19.4 Å². The van der Waals surface area contributed by atoms with Crippen LogP contribution in [0.2, 0.25) is 5.02 Å². The maximum Gasteiger partial charge on any atom is 0.288 e. The van der Waals surface area contributed by atoms with Crippen molar-refractivity contribution in [2.24, 2.45) is 0 Å². The molecule has 3 aromatic rings. The van der Waals surface area contributed by atoms with Crippen molar-refractivity contribution in [3.05, 3.63) is 85.0 Å². The number of thiophene rings is 1. The lowest BCUT2D eigenvalue weighted by atomic mass is 9.95. The molecule has 2 amide bonds. The van der Waals surface area contributed by atoms with Crippen LogP contribution in [-0.4, -0.2) is 21.7 Å². The van der Waals surface area contributed by atoms with Gasteiger partial charge in [-0.1, -0.05) is 17.7 Å². The fourth-order valence-electron chi connectivity index (χ4n) is 3.64. The van der Waals surface area contributed by atoms with Gasteiger partial charge in [-0.05, 0) is 55.0 Å². The topological polar surface area (TPSA) is 114 Å². The van der Waals surface area contributed by atoms with Crippen molar-refractivity contribution in [2.75, 3.05) is 5.32 Å². The van der Waals surface area contributed by atoms with Crippen LogP contribution in [0.15, 0.2) is 42.7 Å². The first-order valence-corrected chi connectivity index (χ1v) is 11.2. The average molecular weight is 471 g/mol. The average Bonchev–Trinajstić information content (AvgIpc) is 3.16. The number of nitrogens with zero attached hydrogens (tertiary/aromatic N) is 2. The summed E-state index contributed by atoms with van der Waals surface area (Å²) in [5.41, 5.74) is 2.03. The van der Waals surface area contributed by atoms with Gasteiger partial charge in [-0.2, -0.15) is 0 Å². The van der Waals surface area contributed by atoms with E-state index in [1.54, 1.807) is 18.5 Å². The molecule has 10 heteroatoms. The van der Waals surface area contributed by atoms with Crippen molar-refractivity contribution in [1.82, 2.24) is 10.3 Å². The Morgan fingerprint density at radius 1 is 1.19 bits per heavy atom. The zero-order valence-electron chi connectivity index (χ0n) is 16.9. The molecule has 0 radical (unpaired) electrons. The van der Waals surface area contributed by atoms with E-state index >= 15 is 0 Å². The molecule has 0 saturated carbocycles. The number of hydrogen-bond donors (Lipinski definition) is 2. The van der Waals surface area contributed by atoms with Gasteiger partial charge in [-0.3, -0.25) is 24.7 Å². The van der Waals surface area contributed by atoms with E-state index in [4.69, 9.17) is 11.6 Å². The molecule has 164 valence electrons. The zero-order valence-corrected chi connectivity index (χ0v) is 18.5. The highest BCUT2D eigenvalue weighted by Gasteiger charge is 2.27. The third kappa shape index (κ3) is 4.63. The predicted octanol–water partition coefficient (Wildman–Crippen LogP) is 4.77. The number of carbonyl (C=O) groups is 2. The van der Waals surface area contributed by atoms with E-state index < -0.39 is 10.8 Å². The van der Waals surface area contributed by atoms with Crippen LogP contribution in [0.25, 0.3) is 0 Å². The zero-order chi connectivity index (χ0) is 22.7. The summed E-state index contributed by atoms with van der Waals surface area (Å²) in [4.78, 5) is 41.6. The molecule has 1 aliphatic rings. The highest BCUT2D eigenvalue weighted by Crippen LogP contribution is 2.38. The number of amides is 2. The molecule has 0 atom stereocenters. The minimum absolute atomic E-state index is 0.0476. The quantitative estimate of drug-likeness (QED) is 0.398. The van der Waals surface area contributed by atoms with Crippen LogP contribution in [0.5, 0.6) is 0 Å². The molecule has 0 aliphatic heterocycles. The van der Waals surface area contributed by atoms with E-state index in [0.29, 0.717) is 17.1 Å². The highest BCUT2D eigenvalue weighted by atomic mass is 35.5. The second kappa shape index (κ2) is 9.46. The lowest BCUT2D eigenvalue weighted by Gasteiger charge is -2.13. The first kappa shape index (κ1) is 21.9. The third-order valence-electron chi connectivity index (χ3n) is 5.21. The van der Waals surface area contributed by atoms with Crippen molar-refractivity contribution in [3.8, 4) is 0 Å². The van der Waals surface area contributed by atoms with Crippen molar-refractivity contribution in [2.45, 2.75) is 32.2 Å². The SMILES string of the molecule is O=C(Nc1sc2c(c1C(=O)NCc1cccnc1)CCCC2)c1ccc(Cl)c([N+](=O)[O-])c1. The number of nitrogens with one attached hydrogen (secondary N) is 2. The van der Waals surface area contributed by atoms with Crippen LogP contribution in [0.1, 0.15) is 49.6 Å². The van der Waals surface area contributed by atoms with Gasteiger partial charge in [0.1, 0.15) is 10.0 Å². The summed E-state index contributed by atoms with van der Waals surface area (Å²) in [5.74, 6) is -0.810. The molecule has 2 N–H and O–H groups in total. The standard InChI is InChI=1S/C22H19ClN4O4S/c23-16-8-7-14(10-17(16)27(30)31)20(28)26-22-19(15-5-1-2-6-18(15)32-22)21(29)25-12-13-4-3-9-24-11-13/h3-4,7-11H,1-2,5-6,12H2,(H,25,29)(H,26,28).